The predicted octanol–water partition coefficient (Wildman–Crippen LogP) is 1.99. The van der Waals surface area contributed by atoms with Gasteiger partial charge in [0.25, 0.3) is 5.91 Å². The predicted molar refractivity (Wildman–Crippen MR) is 89.0 cm³/mol. The van der Waals surface area contributed by atoms with Crippen molar-refractivity contribution in [2.75, 3.05) is 6.54 Å². The number of benzene rings is 1. The molecule has 0 saturated heterocycles. The first kappa shape index (κ1) is 14.6. The van der Waals surface area contributed by atoms with Gasteiger partial charge in [-0.15, -0.1) is 0 Å². The van der Waals surface area contributed by atoms with Gasteiger partial charge in [-0.25, -0.2) is 9.97 Å². The van der Waals surface area contributed by atoms with Gasteiger partial charge in [0.1, 0.15) is 12.0 Å². The van der Waals surface area contributed by atoms with Gasteiger partial charge < -0.3 is 9.88 Å². The van der Waals surface area contributed by atoms with E-state index >= 15 is 0 Å². The molecule has 24 heavy (non-hydrogen) atoms. The van der Waals surface area contributed by atoms with E-state index in [9.17, 15) is 9.59 Å². The Labute approximate surface area is 138 Å². The third kappa shape index (κ3) is 2.56. The van der Waals surface area contributed by atoms with Gasteiger partial charge in [0.05, 0.1) is 12.1 Å². The third-order valence-electron chi connectivity index (χ3n) is 4.29. The van der Waals surface area contributed by atoms with Crippen molar-refractivity contribution in [1.29, 1.82) is 0 Å². The number of fused-ring (bicyclic) bond motifs is 3. The average Bonchev–Trinajstić information content (AvgIpc) is 2.87. The molecule has 1 aromatic carbocycles. The van der Waals surface area contributed by atoms with Crippen LogP contribution >= 0.6 is 0 Å². The lowest BCUT2D eigenvalue weighted by atomic mass is 10.0. The number of rotatable bonds is 3. The zero-order valence-electron chi connectivity index (χ0n) is 13.0. The molecule has 120 valence electrons. The fourth-order valence-corrected chi connectivity index (χ4v) is 3.08. The van der Waals surface area contributed by atoms with Crippen molar-refractivity contribution >= 4 is 22.6 Å². The number of nitrogens with zero attached hydrogens (tertiary/aromatic N) is 3. The van der Waals surface area contributed by atoms with Crippen LogP contribution in [0.15, 0.2) is 42.9 Å². The van der Waals surface area contributed by atoms with E-state index in [1.54, 1.807) is 12.3 Å². The second kappa shape index (κ2) is 5.88. The third-order valence-corrected chi connectivity index (χ3v) is 4.29. The molecule has 6 heteroatoms. The number of carbonyl (C=O) groups is 2. The SMILES string of the molecule is O=C(Cc1ccncn1)c1ccc2cc3n(c2c1)CCCNC3=O. The number of amides is 1. The maximum absolute atomic E-state index is 12.5. The Balaban J connectivity index is 1.71. The Bertz CT molecular complexity index is 931. The zero-order chi connectivity index (χ0) is 16.5. The first-order valence-electron chi connectivity index (χ1n) is 7.92. The van der Waals surface area contributed by atoms with Gasteiger partial charge in [0.2, 0.25) is 0 Å². The quantitative estimate of drug-likeness (QED) is 0.749. The molecule has 1 aliphatic heterocycles. The van der Waals surface area contributed by atoms with Gasteiger partial charge in [0, 0.05) is 35.8 Å². The van der Waals surface area contributed by atoms with Gasteiger partial charge in [0.15, 0.2) is 5.78 Å². The van der Waals surface area contributed by atoms with E-state index in [-0.39, 0.29) is 18.1 Å². The minimum Gasteiger partial charge on any atom is -0.351 e. The molecule has 0 atom stereocenters. The number of Topliss-reactive ketones (excluding diaryl/α,β-unsaturated/α-hetero) is 1. The van der Waals surface area contributed by atoms with E-state index in [2.05, 4.69) is 15.3 Å². The van der Waals surface area contributed by atoms with Crippen molar-refractivity contribution in [2.45, 2.75) is 19.4 Å². The van der Waals surface area contributed by atoms with Crippen molar-refractivity contribution in [3.8, 4) is 0 Å². The molecule has 0 aliphatic carbocycles. The van der Waals surface area contributed by atoms with Gasteiger partial charge in [-0.1, -0.05) is 12.1 Å². The van der Waals surface area contributed by atoms with E-state index in [0.717, 1.165) is 23.9 Å². The molecular formula is C18H16N4O2. The fourth-order valence-electron chi connectivity index (χ4n) is 3.08. The fraction of sp³-hybridized carbons (Fsp3) is 0.222. The summed E-state index contributed by atoms with van der Waals surface area (Å²) in [5.41, 5.74) is 2.91. The van der Waals surface area contributed by atoms with Crippen molar-refractivity contribution < 1.29 is 9.59 Å². The Hall–Kier alpha value is -3.02. The summed E-state index contributed by atoms with van der Waals surface area (Å²) in [6, 6.07) is 9.21. The minimum absolute atomic E-state index is 0.00391. The van der Waals surface area contributed by atoms with Crippen molar-refractivity contribution in [1.82, 2.24) is 19.9 Å². The molecule has 0 bridgehead atoms. The molecule has 2 aromatic heterocycles. The van der Waals surface area contributed by atoms with Crippen molar-refractivity contribution in [3.63, 3.8) is 0 Å². The highest BCUT2D eigenvalue weighted by molar-refractivity contribution is 6.03. The van der Waals surface area contributed by atoms with Crippen LogP contribution in [0.25, 0.3) is 10.9 Å². The molecule has 1 amide bonds. The number of ketones is 1. The largest absolute Gasteiger partial charge is 0.351 e. The summed E-state index contributed by atoms with van der Waals surface area (Å²) in [6.45, 7) is 1.44. The molecule has 3 aromatic rings. The Kier molecular flexibility index (Phi) is 3.57. The Morgan fingerprint density at radius 2 is 2.17 bits per heavy atom. The summed E-state index contributed by atoms with van der Waals surface area (Å²) in [5.74, 6) is -0.0539. The molecule has 0 fully saturated rings. The number of hydrogen-bond donors (Lipinski definition) is 1. The van der Waals surface area contributed by atoms with Gasteiger partial charge in [-0.3, -0.25) is 9.59 Å². The highest BCUT2D eigenvalue weighted by atomic mass is 16.2. The van der Waals surface area contributed by atoms with Crippen LogP contribution in [0, 0.1) is 0 Å². The number of aromatic nitrogens is 3. The maximum Gasteiger partial charge on any atom is 0.267 e. The van der Waals surface area contributed by atoms with Crippen LogP contribution < -0.4 is 5.32 Å². The van der Waals surface area contributed by atoms with Gasteiger partial charge >= 0.3 is 0 Å². The smallest absolute Gasteiger partial charge is 0.267 e. The molecule has 0 unspecified atom stereocenters. The van der Waals surface area contributed by atoms with Gasteiger partial charge in [-0.2, -0.15) is 0 Å². The summed E-state index contributed by atoms with van der Waals surface area (Å²) < 4.78 is 2.00. The van der Waals surface area contributed by atoms with E-state index in [1.165, 1.54) is 6.33 Å². The standard InChI is InChI=1S/C18H16N4O2/c23-17(10-14-4-6-19-11-21-14)13-3-2-12-8-16-18(24)20-5-1-7-22(16)15(12)9-13/h2-4,6,8-9,11H,1,5,7,10H2,(H,20,24). The zero-order valence-corrected chi connectivity index (χ0v) is 13.0. The monoisotopic (exact) mass is 320 g/mol. The summed E-state index contributed by atoms with van der Waals surface area (Å²) >= 11 is 0. The molecule has 6 nitrogen and oxygen atoms in total. The van der Waals surface area contributed by atoms with Crippen LogP contribution in [0.5, 0.6) is 0 Å². The molecule has 4 rings (SSSR count). The number of aryl methyl sites for hydroxylation is 1. The Morgan fingerprint density at radius 1 is 1.25 bits per heavy atom. The van der Waals surface area contributed by atoms with Crippen molar-refractivity contribution in [2.24, 2.45) is 0 Å². The van der Waals surface area contributed by atoms with E-state index < -0.39 is 0 Å². The van der Waals surface area contributed by atoms with Crippen LogP contribution in [-0.4, -0.2) is 32.8 Å². The molecule has 0 saturated carbocycles. The minimum atomic E-state index is -0.0578. The summed E-state index contributed by atoms with van der Waals surface area (Å²) in [6.07, 6.45) is 4.19. The van der Waals surface area contributed by atoms with Crippen LogP contribution in [0.2, 0.25) is 0 Å². The van der Waals surface area contributed by atoms with Crippen molar-refractivity contribution in [3.05, 3.63) is 59.8 Å². The molecule has 3 heterocycles. The lowest BCUT2D eigenvalue weighted by Gasteiger charge is -2.06. The molecular weight excluding hydrogens is 304 g/mol. The number of hydrogen-bond acceptors (Lipinski definition) is 4. The molecule has 0 radical (unpaired) electrons. The normalized spacial score (nSPS) is 14.1. The summed E-state index contributed by atoms with van der Waals surface area (Å²) in [5, 5.41) is 3.86. The van der Waals surface area contributed by atoms with E-state index in [4.69, 9.17) is 0 Å². The molecule has 1 aliphatic rings. The lowest BCUT2D eigenvalue weighted by molar-refractivity contribution is 0.0950. The Morgan fingerprint density at radius 3 is 3.00 bits per heavy atom. The second-order valence-electron chi connectivity index (χ2n) is 5.86. The molecule has 0 spiro atoms. The van der Waals surface area contributed by atoms with Crippen LogP contribution in [0.4, 0.5) is 0 Å². The first-order chi connectivity index (χ1) is 11.7. The van der Waals surface area contributed by atoms with E-state index in [1.807, 2.05) is 28.8 Å². The van der Waals surface area contributed by atoms with Gasteiger partial charge in [-0.05, 0) is 24.6 Å². The highest BCUT2D eigenvalue weighted by Gasteiger charge is 2.19. The van der Waals surface area contributed by atoms with Crippen LogP contribution in [0.3, 0.4) is 0 Å². The summed E-state index contributed by atoms with van der Waals surface area (Å²) in [4.78, 5) is 32.6. The maximum atomic E-state index is 12.5. The number of nitrogens with one attached hydrogen (secondary N) is 1. The lowest BCUT2D eigenvalue weighted by Crippen LogP contribution is -2.22. The second-order valence-corrected chi connectivity index (χ2v) is 5.86. The average molecular weight is 320 g/mol. The number of carbonyl (C=O) groups excluding carboxylic acids is 2. The molecule has 1 N–H and O–H groups in total. The highest BCUT2D eigenvalue weighted by Crippen LogP contribution is 2.23. The van der Waals surface area contributed by atoms with E-state index in [0.29, 0.717) is 23.5 Å². The summed E-state index contributed by atoms with van der Waals surface area (Å²) in [7, 11) is 0. The topological polar surface area (TPSA) is 76.9 Å². The first-order valence-corrected chi connectivity index (χ1v) is 7.92. The van der Waals surface area contributed by atoms with Crippen LogP contribution in [0.1, 0.15) is 33.0 Å². The van der Waals surface area contributed by atoms with Crippen LogP contribution in [-0.2, 0) is 13.0 Å².